The quantitative estimate of drug-likeness (QED) is 0.860. The molecule has 0 radical (unpaired) electrons. The van der Waals surface area contributed by atoms with Gasteiger partial charge in [0, 0.05) is 22.6 Å². The van der Waals surface area contributed by atoms with Gasteiger partial charge in [0.2, 0.25) is 5.91 Å². The van der Waals surface area contributed by atoms with Crippen LogP contribution in [0.2, 0.25) is 0 Å². The van der Waals surface area contributed by atoms with Crippen LogP contribution in [0.15, 0.2) is 36.4 Å². The zero-order chi connectivity index (χ0) is 13.9. The van der Waals surface area contributed by atoms with Gasteiger partial charge in [-0.15, -0.1) is 0 Å². The molecule has 0 aromatic heterocycles. The number of nitrogens with one attached hydrogen (secondary N) is 1. The smallest absolute Gasteiger partial charge is 0.227 e. The summed E-state index contributed by atoms with van der Waals surface area (Å²) in [6.07, 6.45) is 5.10. The van der Waals surface area contributed by atoms with Crippen molar-refractivity contribution in [2.45, 2.75) is 25.7 Å². The highest BCUT2D eigenvalue weighted by atomic mass is 16.1. The van der Waals surface area contributed by atoms with Crippen molar-refractivity contribution < 1.29 is 9.59 Å². The van der Waals surface area contributed by atoms with Crippen LogP contribution in [-0.2, 0) is 4.79 Å². The molecule has 0 spiro atoms. The van der Waals surface area contributed by atoms with E-state index in [4.69, 9.17) is 0 Å². The van der Waals surface area contributed by atoms with Gasteiger partial charge in [0.15, 0.2) is 6.29 Å². The van der Waals surface area contributed by atoms with Gasteiger partial charge in [0.1, 0.15) is 0 Å². The first-order chi connectivity index (χ1) is 9.79. The fraction of sp³-hybridized carbons (Fsp3) is 0.294. The maximum absolute atomic E-state index is 12.2. The average molecular weight is 267 g/mol. The highest BCUT2D eigenvalue weighted by Gasteiger charge is 2.23. The predicted octanol–water partition coefficient (Wildman–Crippen LogP) is 3.78. The van der Waals surface area contributed by atoms with Crippen molar-refractivity contribution in [1.29, 1.82) is 0 Å². The molecule has 1 aliphatic rings. The number of carbonyl (C=O) groups excluding carboxylic acids is 2. The first kappa shape index (κ1) is 12.9. The van der Waals surface area contributed by atoms with Crippen LogP contribution in [0.25, 0.3) is 10.8 Å². The summed E-state index contributed by atoms with van der Waals surface area (Å²) in [5, 5.41) is 4.82. The number of benzene rings is 2. The van der Waals surface area contributed by atoms with Crippen LogP contribution in [0, 0.1) is 5.92 Å². The number of fused-ring (bicyclic) bond motifs is 1. The molecule has 20 heavy (non-hydrogen) atoms. The molecule has 3 rings (SSSR count). The first-order valence-electron chi connectivity index (χ1n) is 7.07. The lowest BCUT2D eigenvalue weighted by atomic mass is 10.0. The van der Waals surface area contributed by atoms with Gasteiger partial charge in [-0.25, -0.2) is 0 Å². The summed E-state index contributed by atoms with van der Waals surface area (Å²) in [6.45, 7) is 0. The zero-order valence-electron chi connectivity index (χ0n) is 11.3. The Morgan fingerprint density at radius 3 is 2.45 bits per heavy atom. The molecule has 2 aromatic carbocycles. The third kappa shape index (κ3) is 2.31. The van der Waals surface area contributed by atoms with Gasteiger partial charge in [-0.1, -0.05) is 37.1 Å². The minimum absolute atomic E-state index is 0.103. The molecule has 0 atom stereocenters. The number of amides is 1. The minimum atomic E-state index is 0.103. The molecule has 1 N–H and O–H groups in total. The molecule has 0 heterocycles. The topological polar surface area (TPSA) is 46.2 Å². The van der Waals surface area contributed by atoms with E-state index in [2.05, 4.69) is 5.32 Å². The third-order valence-electron chi connectivity index (χ3n) is 4.07. The molecular formula is C17H17NO2. The maximum atomic E-state index is 12.2. The Labute approximate surface area is 118 Å². The number of anilines is 1. The number of carbonyl (C=O) groups is 2. The van der Waals surface area contributed by atoms with Crippen LogP contribution in [0.1, 0.15) is 36.0 Å². The van der Waals surface area contributed by atoms with Gasteiger partial charge in [-0.2, -0.15) is 0 Å². The molecule has 0 bridgehead atoms. The summed E-state index contributed by atoms with van der Waals surface area (Å²) in [6, 6.07) is 11.2. The van der Waals surface area contributed by atoms with Gasteiger partial charge < -0.3 is 5.32 Å². The third-order valence-corrected chi connectivity index (χ3v) is 4.07. The van der Waals surface area contributed by atoms with Crippen molar-refractivity contribution in [2.75, 3.05) is 5.32 Å². The van der Waals surface area contributed by atoms with E-state index in [1.165, 1.54) is 0 Å². The Bertz CT molecular complexity index is 657. The Morgan fingerprint density at radius 1 is 1.05 bits per heavy atom. The van der Waals surface area contributed by atoms with Crippen molar-refractivity contribution >= 4 is 28.7 Å². The fourth-order valence-electron chi connectivity index (χ4n) is 2.96. The fourth-order valence-corrected chi connectivity index (χ4v) is 2.96. The van der Waals surface area contributed by atoms with E-state index < -0.39 is 0 Å². The molecule has 0 aliphatic heterocycles. The number of hydrogen-bond acceptors (Lipinski definition) is 2. The van der Waals surface area contributed by atoms with Crippen molar-refractivity contribution in [3.63, 3.8) is 0 Å². The summed E-state index contributed by atoms with van der Waals surface area (Å²) >= 11 is 0. The number of aldehydes is 1. The summed E-state index contributed by atoms with van der Waals surface area (Å²) in [4.78, 5) is 23.3. The van der Waals surface area contributed by atoms with Gasteiger partial charge in [0.05, 0.1) is 0 Å². The van der Waals surface area contributed by atoms with Crippen LogP contribution in [0.4, 0.5) is 5.69 Å². The average Bonchev–Trinajstić information content (AvgIpc) is 3.02. The van der Waals surface area contributed by atoms with Crippen molar-refractivity contribution in [3.05, 3.63) is 42.0 Å². The molecule has 0 saturated heterocycles. The van der Waals surface area contributed by atoms with Crippen LogP contribution >= 0.6 is 0 Å². The largest absolute Gasteiger partial charge is 0.325 e. The number of hydrogen-bond donors (Lipinski definition) is 1. The van der Waals surface area contributed by atoms with Crippen molar-refractivity contribution in [3.8, 4) is 0 Å². The van der Waals surface area contributed by atoms with Gasteiger partial charge >= 0.3 is 0 Å². The summed E-state index contributed by atoms with van der Waals surface area (Å²) in [5.74, 6) is 0.242. The molecule has 1 aliphatic carbocycles. The van der Waals surface area contributed by atoms with E-state index in [0.29, 0.717) is 5.56 Å². The normalized spacial score (nSPS) is 15.4. The van der Waals surface area contributed by atoms with Crippen LogP contribution in [0.3, 0.4) is 0 Å². The van der Waals surface area contributed by atoms with E-state index in [1.54, 1.807) is 6.07 Å². The number of rotatable bonds is 3. The summed E-state index contributed by atoms with van der Waals surface area (Å²) in [5.41, 5.74) is 1.45. The second-order valence-corrected chi connectivity index (χ2v) is 5.34. The highest BCUT2D eigenvalue weighted by molar-refractivity contribution is 6.07. The Kier molecular flexibility index (Phi) is 3.50. The van der Waals surface area contributed by atoms with Gasteiger partial charge in [-0.3, -0.25) is 9.59 Å². The lowest BCUT2D eigenvalue weighted by Gasteiger charge is -2.13. The van der Waals surface area contributed by atoms with E-state index in [9.17, 15) is 9.59 Å². The van der Waals surface area contributed by atoms with E-state index in [1.807, 2.05) is 30.3 Å². The highest BCUT2D eigenvalue weighted by Crippen LogP contribution is 2.29. The lowest BCUT2D eigenvalue weighted by Crippen LogP contribution is -2.20. The Balaban J connectivity index is 1.95. The summed E-state index contributed by atoms with van der Waals surface area (Å²) in [7, 11) is 0. The van der Waals surface area contributed by atoms with Crippen molar-refractivity contribution in [2.24, 2.45) is 5.92 Å². The molecule has 3 nitrogen and oxygen atoms in total. The van der Waals surface area contributed by atoms with Crippen LogP contribution < -0.4 is 5.32 Å². The van der Waals surface area contributed by atoms with E-state index in [0.717, 1.165) is 48.4 Å². The molecule has 102 valence electrons. The molecular weight excluding hydrogens is 250 g/mol. The SMILES string of the molecule is O=Cc1ccc(NC(=O)C2CCCC2)c2ccccc12. The maximum Gasteiger partial charge on any atom is 0.227 e. The second kappa shape index (κ2) is 5.45. The van der Waals surface area contributed by atoms with E-state index >= 15 is 0 Å². The standard InChI is InChI=1S/C17H17NO2/c19-11-13-9-10-16(15-8-4-3-7-14(13)15)18-17(20)12-5-1-2-6-12/h3-4,7-12H,1-2,5-6H2,(H,18,20). The van der Waals surface area contributed by atoms with Gasteiger partial charge in [-0.05, 0) is 30.4 Å². The Morgan fingerprint density at radius 2 is 1.75 bits per heavy atom. The van der Waals surface area contributed by atoms with Gasteiger partial charge in [0.25, 0.3) is 0 Å². The molecule has 2 aromatic rings. The lowest BCUT2D eigenvalue weighted by molar-refractivity contribution is -0.119. The van der Waals surface area contributed by atoms with E-state index in [-0.39, 0.29) is 11.8 Å². The van der Waals surface area contributed by atoms with Crippen LogP contribution in [-0.4, -0.2) is 12.2 Å². The molecule has 0 unspecified atom stereocenters. The molecule has 1 saturated carbocycles. The second-order valence-electron chi connectivity index (χ2n) is 5.34. The predicted molar refractivity (Wildman–Crippen MR) is 79.9 cm³/mol. The van der Waals surface area contributed by atoms with Crippen molar-refractivity contribution in [1.82, 2.24) is 0 Å². The minimum Gasteiger partial charge on any atom is -0.325 e. The monoisotopic (exact) mass is 267 g/mol. The zero-order valence-corrected chi connectivity index (χ0v) is 11.3. The summed E-state index contributed by atoms with van der Waals surface area (Å²) < 4.78 is 0. The van der Waals surface area contributed by atoms with Crippen LogP contribution in [0.5, 0.6) is 0 Å². The molecule has 1 fully saturated rings. The Hall–Kier alpha value is -2.16. The first-order valence-corrected chi connectivity index (χ1v) is 7.07. The molecule has 1 amide bonds. The molecule has 3 heteroatoms.